The SMILES string of the molecule is CCOC(CCCC(=O)NCc1ccc(F)cc1F)OCC. The first-order valence-corrected chi connectivity index (χ1v) is 7.50. The van der Waals surface area contributed by atoms with Crippen molar-refractivity contribution in [2.24, 2.45) is 0 Å². The van der Waals surface area contributed by atoms with Crippen LogP contribution in [0, 0.1) is 11.6 Å². The van der Waals surface area contributed by atoms with Crippen molar-refractivity contribution in [2.45, 2.75) is 45.9 Å². The normalized spacial score (nSPS) is 11.0. The molecule has 0 aromatic heterocycles. The second-order valence-electron chi connectivity index (χ2n) is 4.74. The van der Waals surface area contributed by atoms with Crippen molar-refractivity contribution in [2.75, 3.05) is 13.2 Å². The molecule has 1 rings (SSSR count). The number of hydrogen-bond acceptors (Lipinski definition) is 3. The average Bonchev–Trinajstić information content (AvgIpc) is 2.47. The zero-order valence-corrected chi connectivity index (χ0v) is 13.0. The average molecular weight is 315 g/mol. The number of amides is 1. The first-order chi connectivity index (χ1) is 10.6. The standard InChI is InChI=1S/C16H23F2NO3/c1-3-21-16(22-4-2)7-5-6-15(20)19-11-12-8-9-13(17)10-14(12)18/h8-10,16H,3-7,11H2,1-2H3,(H,19,20). The molecule has 0 radical (unpaired) electrons. The van der Waals surface area contributed by atoms with Crippen LogP contribution in [0.15, 0.2) is 18.2 Å². The minimum atomic E-state index is -0.659. The van der Waals surface area contributed by atoms with Gasteiger partial charge in [0.1, 0.15) is 11.6 Å². The van der Waals surface area contributed by atoms with E-state index in [-0.39, 0.29) is 24.3 Å². The number of benzene rings is 1. The molecule has 0 fully saturated rings. The quantitative estimate of drug-likeness (QED) is 0.675. The topological polar surface area (TPSA) is 47.6 Å². The van der Waals surface area contributed by atoms with E-state index in [4.69, 9.17) is 9.47 Å². The van der Waals surface area contributed by atoms with Crippen LogP contribution in [0.4, 0.5) is 8.78 Å². The summed E-state index contributed by atoms with van der Waals surface area (Å²) in [5, 5.41) is 2.61. The van der Waals surface area contributed by atoms with Crippen LogP contribution in [-0.4, -0.2) is 25.4 Å². The molecular weight excluding hydrogens is 292 g/mol. The zero-order chi connectivity index (χ0) is 16.4. The van der Waals surface area contributed by atoms with Gasteiger partial charge in [-0.05, 0) is 32.8 Å². The minimum Gasteiger partial charge on any atom is -0.353 e. The Kier molecular flexibility index (Phi) is 8.62. The molecule has 0 saturated heterocycles. The summed E-state index contributed by atoms with van der Waals surface area (Å²) in [7, 11) is 0. The van der Waals surface area contributed by atoms with Crippen LogP contribution in [0.2, 0.25) is 0 Å². The Balaban J connectivity index is 2.28. The van der Waals surface area contributed by atoms with Gasteiger partial charge in [-0.2, -0.15) is 0 Å². The van der Waals surface area contributed by atoms with Crippen LogP contribution in [0.25, 0.3) is 0 Å². The monoisotopic (exact) mass is 315 g/mol. The summed E-state index contributed by atoms with van der Waals surface area (Å²) in [6.07, 6.45) is 1.25. The molecule has 0 aliphatic heterocycles. The van der Waals surface area contributed by atoms with Crippen molar-refractivity contribution in [3.63, 3.8) is 0 Å². The van der Waals surface area contributed by atoms with Gasteiger partial charge >= 0.3 is 0 Å². The van der Waals surface area contributed by atoms with E-state index in [1.165, 1.54) is 12.1 Å². The second kappa shape index (κ2) is 10.2. The number of hydrogen-bond donors (Lipinski definition) is 1. The molecule has 0 bridgehead atoms. The lowest BCUT2D eigenvalue weighted by Crippen LogP contribution is -2.24. The van der Waals surface area contributed by atoms with Crippen LogP contribution in [0.5, 0.6) is 0 Å². The highest BCUT2D eigenvalue weighted by atomic mass is 19.1. The smallest absolute Gasteiger partial charge is 0.220 e. The van der Waals surface area contributed by atoms with E-state index < -0.39 is 11.6 Å². The van der Waals surface area contributed by atoms with E-state index in [0.29, 0.717) is 32.5 Å². The fraction of sp³-hybridized carbons (Fsp3) is 0.562. The maximum atomic E-state index is 13.4. The summed E-state index contributed by atoms with van der Waals surface area (Å²) in [4.78, 5) is 11.7. The number of halogens is 2. The molecule has 0 heterocycles. The highest BCUT2D eigenvalue weighted by Gasteiger charge is 2.10. The van der Waals surface area contributed by atoms with Crippen LogP contribution >= 0.6 is 0 Å². The Bertz CT molecular complexity index is 463. The van der Waals surface area contributed by atoms with Gasteiger partial charge in [-0.15, -0.1) is 0 Å². The fourth-order valence-corrected chi connectivity index (χ4v) is 1.96. The van der Waals surface area contributed by atoms with Gasteiger partial charge in [-0.25, -0.2) is 8.78 Å². The first kappa shape index (κ1) is 18.5. The van der Waals surface area contributed by atoms with E-state index in [9.17, 15) is 13.6 Å². The van der Waals surface area contributed by atoms with Crippen LogP contribution in [0.1, 0.15) is 38.7 Å². The Hall–Kier alpha value is -1.53. The number of ether oxygens (including phenoxy) is 2. The number of rotatable bonds is 10. The maximum Gasteiger partial charge on any atom is 0.220 e. The third kappa shape index (κ3) is 6.95. The predicted molar refractivity (Wildman–Crippen MR) is 79.1 cm³/mol. The molecule has 6 heteroatoms. The lowest BCUT2D eigenvalue weighted by Gasteiger charge is -2.16. The summed E-state index contributed by atoms with van der Waals surface area (Å²) in [5.41, 5.74) is 0.260. The molecule has 1 amide bonds. The molecule has 1 N–H and O–H groups in total. The fourth-order valence-electron chi connectivity index (χ4n) is 1.96. The Morgan fingerprint density at radius 1 is 1.23 bits per heavy atom. The van der Waals surface area contributed by atoms with E-state index in [1.807, 2.05) is 13.8 Å². The summed E-state index contributed by atoms with van der Waals surface area (Å²) in [6.45, 7) is 4.93. The Labute approximate surface area is 129 Å². The van der Waals surface area contributed by atoms with E-state index in [1.54, 1.807) is 0 Å². The molecule has 0 aliphatic carbocycles. The highest BCUT2D eigenvalue weighted by Crippen LogP contribution is 2.10. The summed E-state index contributed by atoms with van der Waals surface area (Å²) in [6, 6.07) is 3.29. The van der Waals surface area contributed by atoms with Crippen molar-refractivity contribution < 1.29 is 23.0 Å². The molecule has 1 aromatic rings. The van der Waals surface area contributed by atoms with Gasteiger partial charge in [0, 0.05) is 37.8 Å². The van der Waals surface area contributed by atoms with Crippen LogP contribution in [0.3, 0.4) is 0 Å². The first-order valence-electron chi connectivity index (χ1n) is 7.50. The zero-order valence-electron chi connectivity index (χ0n) is 13.0. The molecule has 0 spiro atoms. The van der Waals surface area contributed by atoms with Crippen LogP contribution < -0.4 is 5.32 Å². The van der Waals surface area contributed by atoms with Crippen molar-refractivity contribution in [1.82, 2.24) is 5.32 Å². The van der Waals surface area contributed by atoms with Gasteiger partial charge in [0.25, 0.3) is 0 Å². The van der Waals surface area contributed by atoms with Crippen molar-refractivity contribution in [3.05, 3.63) is 35.4 Å². The molecular formula is C16H23F2NO3. The van der Waals surface area contributed by atoms with Gasteiger partial charge in [-0.3, -0.25) is 4.79 Å². The summed E-state index contributed by atoms with van der Waals surface area (Å²) >= 11 is 0. The van der Waals surface area contributed by atoms with Gasteiger partial charge in [0.05, 0.1) is 0 Å². The second-order valence-corrected chi connectivity index (χ2v) is 4.74. The molecule has 0 unspecified atom stereocenters. The van der Waals surface area contributed by atoms with Crippen molar-refractivity contribution >= 4 is 5.91 Å². The van der Waals surface area contributed by atoms with Gasteiger partial charge in [-0.1, -0.05) is 6.07 Å². The van der Waals surface area contributed by atoms with Gasteiger partial charge < -0.3 is 14.8 Å². The molecule has 124 valence electrons. The van der Waals surface area contributed by atoms with E-state index >= 15 is 0 Å². The van der Waals surface area contributed by atoms with E-state index in [0.717, 1.165) is 6.07 Å². The molecule has 0 atom stereocenters. The van der Waals surface area contributed by atoms with E-state index in [2.05, 4.69) is 5.32 Å². The number of carbonyl (C=O) groups excluding carboxylic acids is 1. The third-order valence-electron chi connectivity index (χ3n) is 3.04. The largest absolute Gasteiger partial charge is 0.353 e. The summed E-state index contributed by atoms with van der Waals surface area (Å²) in [5.74, 6) is -1.48. The van der Waals surface area contributed by atoms with Crippen molar-refractivity contribution in [3.8, 4) is 0 Å². The Morgan fingerprint density at radius 2 is 1.91 bits per heavy atom. The number of nitrogens with one attached hydrogen (secondary N) is 1. The predicted octanol–water partition coefficient (Wildman–Crippen LogP) is 3.15. The molecule has 4 nitrogen and oxygen atoms in total. The van der Waals surface area contributed by atoms with Crippen molar-refractivity contribution in [1.29, 1.82) is 0 Å². The van der Waals surface area contributed by atoms with Gasteiger partial charge in [0.15, 0.2) is 6.29 Å². The maximum absolute atomic E-state index is 13.4. The summed E-state index contributed by atoms with van der Waals surface area (Å²) < 4.78 is 36.9. The van der Waals surface area contributed by atoms with Gasteiger partial charge in [0.2, 0.25) is 5.91 Å². The molecule has 0 saturated carbocycles. The molecule has 22 heavy (non-hydrogen) atoms. The molecule has 1 aromatic carbocycles. The lowest BCUT2D eigenvalue weighted by atomic mass is 10.2. The minimum absolute atomic E-state index is 0.0469. The van der Waals surface area contributed by atoms with Crippen LogP contribution in [-0.2, 0) is 20.8 Å². The lowest BCUT2D eigenvalue weighted by molar-refractivity contribution is -0.141. The molecule has 0 aliphatic rings. The highest BCUT2D eigenvalue weighted by molar-refractivity contribution is 5.75. The number of carbonyl (C=O) groups is 1. The Morgan fingerprint density at radius 3 is 2.50 bits per heavy atom. The third-order valence-corrected chi connectivity index (χ3v) is 3.04.